The van der Waals surface area contributed by atoms with E-state index in [1.165, 1.54) is 11.0 Å². The van der Waals surface area contributed by atoms with Gasteiger partial charge in [-0.05, 0) is 6.92 Å². The summed E-state index contributed by atoms with van der Waals surface area (Å²) in [5.41, 5.74) is 1.08. The lowest BCUT2D eigenvalue weighted by Crippen LogP contribution is -2.13. The van der Waals surface area contributed by atoms with Gasteiger partial charge in [-0.2, -0.15) is 5.10 Å². The molecule has 0 saturated carbocycles. The minimum absolute atomic E-state index is 0.0422. The Hall–Kier alpha value is -1.69. The summed E-state index contributed by atoms with van der Waals surface area (Å²) >= 11 is 5.82. The molecule has 0 bridgehead atoms. The fourth-order valence-electron chi connectivity index (χ4n) is 1.28. The predicted octanol–water partition coefficient (Wildman–Crippen LogP) is 1.04. The Kier molecular flexibility index (Phi) is 3.00. The summed E-state index contributed by atoms with van der Waals surface area (Å²) in [6, 6.07) is 0. The molecule has 0 N–H and O–H groups in total. The SMILES string of the molecule is CCOC(=O)Cn1cc2ncnc(Cl)c2n1. The smallest absolute Gasteiger partial charge is 0.327 e. The van der Waals surface area contributed by atoms with Crippen molar-refractivity contribution in [2.45, 2.75) is 13.5 Å². The summed E-state index contributed by atoms with van der Waals surface area (Å²) in [5.74, 6) is -0.348. The Labute approximate surface area is 96.2 Å². The van der Waals surface area contributed by atoms with Crippen molar-refractivity contribution in [1.82, 2.24) is 19.7 Å². The van der Waals surface area contributed by atoms with Gasteiger partial charge in [0.05, 0.1) is 12.8 Å². The van der Waals surface area contributed by atoms with E-state index in [4.69, 9.17) is 16.3 Å². The van der Waals surface area contributed by atoms with Gasteiger partial charge in [0.2, 0.25) is 0 Å². The minimum atomic E-state index is -0.348. The molecule has 0 aliphatic heterocycles. The summed E-state index contributed by atoms with van der Waals surface area (Å²) in [4.78, 5) is 19.0. The van der Waals surface area contributed by atoms with Crippen molar-refractivity contribution in [2.75, 3.05) is 6.61 Å². The quantitative estimate of drug-likeness (QED) is 0.592. The number of rotatable bonds is 3. The first-order chi connectivity index (χ1) is 7.70. The highest BCUT2D eigenvalue weighted by Crippen LogP contribution is 2.16. The van der Waals surface area contributed by atoms with Crippen LogP contribution in [0.25, 0.3) is 11.0 Å². The van der Waals surface area contributed by atoms with Gasteiger partial charge >= 0.3 is 5.97 Å². The van der Waals surface area contributed by atoms with E-state index in [-0.39, 0.29) is 17.7 Å². The molecule has 0 aliphatic rings. The molecule has 2 rings (SSSR count). The van der Waals surface area contributed by atoms with Gasteiger partial charge in [0.15, 0.2) is 5.15 Å². The van der Waals surface area contributed by atoms with Crippen LogP contribution in [0, 0.1) is 0 Å². The Morgan fingerprint density at radius 3 is 3.06 bits per heavy atom. The molecule has 0 aliphatic carbocycles. The molecular formula is C9H9ClN4O2. The molecule has 16 heavy (non-hydrogen) atoms. The van der Waals surface area contributed by atoms with Crippen LogP contribution in [-0.2, 0) is 16.1 Å². The summed E-state index contributed by atoms with van der Waals surface area (Å²) in [7, 11) is 0. The molecule has 0 amide bonds. The van der Waals surface area contributed by atoms with Crippen LogP contribution < -0.4 is 0 Å². The van der Waals surface area contributed by atoms with Crippen molar-refractivity contribution >= 4 is 28.6 Å². The van der Waals surface area contributed by atoms with Crippen molar-refractivity contribution in [3.8, 4) is 0 Å². The highest BCUT2D eigenvalue weighted by Gasteiger charge is 2.09. The van der Waals surface area contributed by atoms with Crippen molar-refractivity contribution in [3.63, 3.8) is 0 Å². The number of carbonyl (C=O) groups excluding carboxylic acids is 1. The minimum Gasteiger partial charge on any atom is -0.465 e. The van der Waals surface area contributed by atoms with Gasteiger partial charge in [-0.25, -0.2) is 9.97 Å². The number of nitrogens with zero attached hydrogens (tertiary/aromatic N) is 4. The number of aromatic nitrogens is 4. The van der Waals surface area contributed by atoms with Crippen LogP contribution in [0.1, 0.15) is 6.92 Å². The molecule has 0 spiro atoms. The van der Waals surface area contributed by atoms with Crippen molar-refractivity contribution in [1.29, 1.82) is 0 Å². The summed E-state index contributed by atoms with van der Waals surface area (Å²) in [5, 5.41) is 4.36. The maximum Gasteiger partial charge on any atom is 0.327 e. The molecule has 2 aromatic rings. The molecule has 2 heterocycles. The zero-order chi connectivity index (χ0) is 11.5. The summed E-state index contributed by atoms with van der Waals surface area (Å²) < 4.78 is 6.24. The number of fused-ring (bicyclic) bond motifs is 1. The van der Waals surface area contributed by atoms with Crippen LogP contribution in [-0.4, -0.2) is 32.3 Å². The van der Waals surface area contributed by atoms with E-state index in [1.807, 2.05) is 0 Å². The average molecular weight is 241 g/mol. The van der Waals surface area contributed by atoms with E-state index >= 15 is 0 Å². The number of hydrogen-bond acceptors (Lipinski definition) is 5. The van der Waals surface area contributed by atoms with Crippen LogP contribution in [0.2, 0.25) is 5.15 Å². The van der Waals surface area contributed by atoms with Gasteiger partial charge in [-0.15, -0.1) is 0 Å². The molecule has 0 aromatic carbocycles. The predicted molar refractivity (Wildman–Crippen MR) is 57.0 cm³/mol. The van der Waals surface area contributed by atoms with Crippen LogP contribution in [0.4, 0.5) is 0 Å². The molecule has 2 aromatic heterocycles. The molecule has 7 heteroatoms. The standard InChI is InChI=1S/C9H9ClN4O2/c1-2-16-7(15)4-14-3-6-8(13-14)9(10)12-5-11-6/h3,5H,2,4H2,1H3. The summed E-state index contributed by atoms with van der Waals surface area (Å²) in [6.45, 7) is 2.14. The highest BCUT2D eigenvalue weighted by atomic mass is 35.5. The Morgan fingerprint density at radius 2 is 2.38 bits per heavy atom. The third-order valence-electron chi connectivity index (χ3n) is 1.90. The number of hydrogen-bond donors (Lipinski definition) is 0. The lowest BCUT2D eigenvalue weighted by molar-refractivity contribution is -0.144. The van der Waals surface area contributed by atoms with Gasteiger partial charge in [0, 0.05) is 0 Å². The number of carbonyl (C=O) groups is 1. The molecule has 0 unspecified atom stereocenters. The normalized spacial score (nSPS) is 10.6. The van der Waals surface area contributed by atoms with Crippen LogP contribution in [0.15, 0.2) is 12.5 Å². The number of esters is 1. The number of ether oxygens (including phenoxy) is 1. The molecule has 0 radical (unpaired) electrons. The van der Waals surface area contributed by atoms with Crippen molar-refractivity contribution in [3.05, 3.63) is 17.7 Å². The third-order valence-corrected chi connectivity index (χ3v) is 2.18. The Bertz CT molecular complexity index is 525. The molecular weight excluding hydrogens is 232 g/mol. The first-order valence-corrected chi connectivity index (χ1v) is 5.07. The van der Waals surface area contributed by atoms with Gasteiger partial charge < -0.3 is 4.74 Å². The zero-order valence-electron chi connectivity index (χ0n) is 8.55. The van der Waals surface area contributed by atoms with E-state index in [0.717, 1.165) is 0 Å². The van der Waals surface area contributed by atoms with Gasteiger partial charge in [-0.1, -0.05) is 11.6 Å². The Morgan fingerprint density at radius 1 is 1.56 bits per heavy atom. The van der Waals surface area contributed by atoms with Crippen molar-refractivity contribution < 1.29 is 9.53 Å². The maximum atomic E-state index is 11.2. The average Bonchev–Trinajstić information content (AvgIpc) is 2.62. The second-order valence-corrected chi connectivity index (χ2v) is 3.39. The second kappa shape index (κ2) is 4.44. The largest absolute Gasteiger partial charge is 0.465 e. The zero-order valence-corrected chi connectivity index (χ0v) is 9.31. The monoisotopic (exact) mass is 240 g/mol. The molecule has 84 valence electrons. The van der Waals surface area contributed by atoms with Gasteiger partial charge in [-0.3, -0.25) is 9.48 Å². The lowest BCUT2D eigenvalue weighted by atomic mass is 10.5. The van der Waals surface area contributed by atoms with Gasteiger partial charge in [0.25, 0.3) is 0 Å². The maximum absolute atomic E-state index is 11.2. The van der Waals surface area contributed by atoms with Crippen molar-refractivity contribution in [2.24, 2.45) is 0 Å². The van der Waals surface area contributed by atoms with Crippen LogP contribution in [0.3, 0.4) is 0 Å². The van der Waals surface area contributed by atoms with E-state index in [9.17, 15) is 4.79 Å². The first kappa shape index (κ1) is 10.8. The topological polar surface area (TPSA) is 69.9 Å². The molecule has 0 saturated heterocycles. The van der Waals surface area contributed by atoms with E-state index < -0.39 is 0 Å². The molecule has 6 nitrogen and oxygen atoms in total. The molecule has 0 atom stereocenters. The first-order valence-electron chi connectivity index (χ1n) is 4.70. The third kappa shape index (κ3) is 2.11. The van der Waals surface area contributed by atoms with Crippen LogP contribution >= 0.6 is 11.6 Å². The fourth-order valence-corrected chi connectivity index (χ4v) is 1.45. The number of halogens is 1. The second-order valence-electron chi connectivity index (χ2n) is 3.03. The highest BCUT2D eigenvalue weighted by molar-refractivity contribution is 6.33. The van der Waals surface area contributed by atoms with E-state index in [2.05, 4.69) is 15.1 Å². The summed E-state index contributed by atoms with van der Waals surface area (Å²) in [6.07, 6.45) is 2.97. The lowest BCUT2D eigenvalue weighted by Gasteiger charge is -2.00. The molecule has 0 fully saturated rings. The fraction of sp³-hybridized carbons (Fsp3) is 0.333. The van der Waals surface area contributed by atoms with E-state index in [0.29, 0.717) is 17.6 Å². The Balaban J connectivity index is 2.26. The van der Waals surface area contributed by atoms with E-state index in [1.54, 1.807) is 13.1 Å². The van der Waals surface area contributed by atoms with Crippen LogP contribution in [0.5, 0.6) is 0 Å². The van der Waals surface area contributed by atoms with Gasteiger partial charge in [0.1, 0.15) is 23.9 Å².